The second-order valence-electron chi connectivity index (χ2n) is 3.35. The van der Waals surface area contributed by atoms with Gasteiger partial charge in [0.05, 0.1) is 17.5 Å². The highest BCUT2D eigenvalue weighted by Gasteiger charge is 2.07. The molecule has 1 aromatic carbocycles. The van der Waals surface area contributed by atoms with Gasteiger partial charge in [-0.3, -0.25) is 5.32 Å². The lowest BCUT2D eigenvalue weighted by Gasteiger charge is -2.11. The Morgan fingerprint density at radius 2 is 2.20 bits per heavy atom. The Morgan fingerprint density at radius 1 is 1.53 bits per heavy atom. The Kier molecular flexibility index (Phi) is 3.38. The number of anilines is 2. The molecule has 0 aliphatic heterocycles. The molecular formula is C10H14N2O3. The molecule has 15 heavy (non-hydrogen) atoms. The van der Waals surface area contributed by atoms with Crippen LogP contribution in [0.15, 0.2) is 18.2 Å². The third kappa shape index (κ3) is 3.38. The van der Waals surface area contributed by atoms with E-state index in [1.807, 2.05) is 0 Å². The molecule has 0 unspecified atom stereocenters. The fourth-order valence-corrected chi connectivity index (χ4v) is 1.02. The first-order valence-corrected chi connectivity index (χ1v) is 4.55. The third-order valence-corrected chi connectivity index (χ3v) is 1.61. The summed E-state index contributed by atoms with van der Waals surface area (Å²) < 4.78 is 4.87. The van der Waals surface area contributed by atoms with Crippen LogP contribution in [0.25, 0.3) is 0 Å². The van der Waals surface area contributed by atoms with Crippen LogP contribution in [0.3, 0.4) is 0 Å². The number of carbonyl (C=O) groups is 1. The number of benzene rings is 1. The maximum atomic E-state index is 11.2. The average Bonchev–Trinajstić information content (AvgIpc) is 2.08. The van der Waals surface area contributed by atoms with Gasteiger partial charge in [0.15, 0.2) is 0 Å². The molecule has 4 N–H and O–H groups in total. The minimum atomic E-state index is -0.567. The number of ether oxygens (including phenoxy) is 1. The Balaban J connectivity index is 2.68. The summed E-state index contributed by atoms with van der Waals surface area (Å²) in [5.41, 5.74) is 6.27. The molecular weight excluding hydrogens is 196 g/mol. The minimum absolute atomic E-state index is 0.0512. The van der Waals surface area contributed by atoms with Crippen molar-refractivity contribution in [1.29, 1.82) is 0 Å². The first kappa shape index (κ1) is 11.2. The number of nitrogens with two attached hydrogens (primary N) is 1. The third-order valence-electron chi connectivity index (χ3n) is 1.61. The van der Waals surface area contributed by atoms with Gasteiger partial charge in [-0.25, -0.2) is 4.79 Å². The predicted molar refractivity (Wildman–Crippen MR) is 57.8 cm³/mol. The summed E-state index contributed by atoms with van der Waals surface area (Å²) in [6, 6.07) is 4.29. The molecule has 0 bridgehead atoms. The molecule has 1 aromatic rings. The van der Waals surface area contributed by atoms with E-state index in [9.17, 15) is 4.79 Å². The van der Waals surface area contributed by atoms with Crippen molar-refractivity contribution in [2.45, 2.75) is 20.0 Å². The van der Waals surface area contributed by atoms with Crippen LogP contribution in [-0.2, 0) is 4.74 Å². The van der Waals surface area contributed by atoms with Gasteiger partial charge in [-0.15, -0.1) is 0 Å². The lowest BCUT2D eigenvalue weighted by Crippen LogP contribution is -2.18. The number of nitrogen functional groups attached to an aromatic ring is 1. The maximum Gasteiger partial charge on any atom is 0.411 e. The normalized spacial score (nSPS) is 10.1. The number of aromatic hydroxyl groups is 1. The lowest BCUT2D eigenvalue weighted by molar-refractivity contribution is 0.130. The summed E-state index contributed by atoms with van der Waals surface area (Å²) in [4.78, 5) is 11.2. The molecule has 0 aliphatic rings. The quantitative estimate of drug-likeness (QED) is 0.514. The first-order valence-electron chi connectivity index (χ1n) is 4.55. The number of rotatable bonds is 2. The molecule has 0 fully saturated rings. The predicted octanol–water partition coefficient (Wildman–Crippen LogP) is 1.93. The second-order valence-corrected chi connectivity index (χ2v) is 3.35. The molecule has 0 saturated heterocycles. The van der Waals surface area contributed by atoms with E-state index < -0.39 is 6.09 Å². The molecule has 1 amide bonds. The van der Waals surface area contributed by atoms with Crippen molar-refractivity contribution < 1.29 is 14.6 Å². The fraction of sp³-hybridized carbons (Fsp3) is 0.300. The molecule has 82 valence electrons. The van der Waals surface area contributed by atoms with E-state index in [1.165, 1.54) is 18.2 Å². The zero-order valence-electron chi connectivity index (χ0n) is 8.65. The van der Waals surface area contributed by atoms with Gasteiger partial charge in [0.2, 0.25) is 0 Å². The van der Waals surface area contributed by atoms with Crippen molar-refractivity contribution in [2.75, 3.05) is 11.1 Å². The average molecular weight is 210 g/mol. The van der Waals surface area contributed by atoms with Gasteiger partial charge in [-0.2, -0.15) is 0 Å². The minimum Gasteiger partial charge on any atom is -0.508 e. The number of hydrogen-bond donors (Lipinski definition) is 3. The van der Waals surface area contributed by atoms with Gasteiger partial charge in [-0.1, -0.05) is 0 Å². The van der Waals surface area contributed by atoms with E-state index in [0.717, 1.165) is 0 Å². The van der Waals surface area contributed by atoms with E-state index in [0.29, 0.717) is 5.69 Å². The standard InChI is InChI=1S/C10H14N2O3/c1-6(2)15-10(14)12-9-4-3-7(13)5-8(9)11/h3-6,13H,11H2,1-2H3,(H,12,14). The Bertz CT molecular complexity index is 364. The monoisotopic (exact) mass is 210 g/mol. The largest absolute Gasteiger partial charge is 0.508 e. The summed E-state index contributed by atoms with van der Waals surface area (Å²) in [7, 11) is 0. The van der Waals surface area contributed by atoms with Crippen molar-refractivity contribution in [2.24, 2.45) is 0 Å². The Hall–Kier alpha value is -1.91. The topological polar surface area (TPSA) is 84.6 Å². The summed E-state index contributed by atoms with van der Waals surface area (Å²) in [6.45, 7) is 3.50. The Morgan fingerprint density at radius 3 is 2.73 bits per heavy atom. The molecule has 5 heteroatoms. The molecule has 0 heterocycles. The van der Waals surface area contributed by atoms with Crippen molar-refractivity contribution in [3.8, 4) is 5.75 Å². The number of hydrogen-bond acceptors (Lipinski definition) is 4. The zero-order valence-corrected chi connectivity index (χ0v) is 8.65. The first-order chi connectivity index (χ1) is 6.99. The van der Waals surface area contributed by atoms with Crippen molar-refractivity contribution in [3.63, 3.8) is 0 Å². The van der Waals surface area contributed by atoms with Crippen LogP contribution in [0.4, 0.5) is 16.2 Å². The van der Waals surface area contributed by atoms with Crippen LogP contribution >= 0.6 is 0 Å². The number of nitrogens with one attached hydrogen (secondary N) is 1. The smallest absolute Gasteiger partial charge is 0.411 e. The summed E-state index contributed by atoms with van der Waals surface area (Å²) in [5.74, 6) is 0.0512. The summed E-state index contributed by atoms with van der Waals surface area (Å²) in [5, 5.41) is 11.6. The van der Waals surface area contributed by atoms with Crippen LogP contribution < -0.4 is 11.1 Å². The number of amides is 1. The second kappa shape index (κ2) is 4.54. The van der Waals surface area contributed by atoms with Gasteiger partial charge >= 0.3 is 6.09 Å². The number of carbonyl (C=O) groups excluding carboxylic acids is 1. The van der Waals surface area contributed by atoms with E-state index in [4.69, 9.17) is 15.6 Å². The maximum absolute atomic E-state index is 11.2. The fourth-order valence-electron chi connectivity index (χ4n) is 1.02. The van der Waals surface area contributed by atoms with Crippen LogP contribution in [0.1, 0.15) is 13.8 Å². The molecule has 5 nitrogen and oxygen atoms in total. The van der Waals surface area contributed by atoms with Crippen molar-refractivity contribution in [3.05, 3.63) is 18.2 Å². The van der Waals surface area contributed by atoms with E-state index in [1.54, 1.807) is 13.8 Å². The van der Waals surface area contributed by atoms with Gasteiger partial charge in [0.1, 0.15) is 5.75 Å². The van der Waals surface area contributed by atoms with Gasteiger partial charge < -0.3 is 15.6 Å². The van der Waals surface area contributed by atoms with Gasteiger partial charge in [0, 0.05) is 6.07 Å². The van der Waals surface area contributed by atoms with Crippen LogP contribution in [-0.4, -0.2) is 17.3 Å². The van der Waals surface area contributed by atoms with E-state index >= 15 is 0 Å². The van der Waals surface area contributed by atoms with Gasteiger partial charge in [-0.05, 0) is 26.0 Å². The molecule has 0 aromatic heterocycles. The molecule has 0 spiro atoms. The molecule has 0 atom stereocenters. The van der Waals surface area contributed by atoms with E-state index in [-0.39, 0.29) is 17.5 Å². The molecule has 1 rings (SSSR count). The van der Waals surface area contributed by atoms with Crippen LogP contribution in [0, 0.1) is 0 Å². The summed E-state index contributed by atoms with van der Waals surface area (Å²) in [6.07, 6.45) is -0.759. The van der Waals surface area contributed by atoms with Crippen molar-refractivity contribution >= 4 is 17.5 Å². The van der Waals surface area contributed by atoms with E-state index in [2.05, 4.69) is 5.32 Å². The SMILES string of the molecule is CC(C)OC(=O)Nc1ccc(O)cc1N. The molecule has 0 saturated carbocycles. The number of phenols is 1. The lowest BCUT2D eigenvalue weighted by atomic mass is 10.2. The molecule has 0 radical (unpaired) electrons. The Labute approximate surface area is 87.9 Å². The highest BCUT2D eigenvalue weighted by atomic mass is 16.6. The highest BCUT2D eigenvalue weighted by molar-refractivity contribution is 5.89. The van der Waals surface area contributed by atoms with Gasteiger partial charge in [0.25, 0.3) is 0 Å². The van der Waals surface area contributed by atoms with Crippen LogP contribution in [0.5, 0.6) is 5.75 Å². The molecule has 0 aliphatic carbocycles. The van der Waals surface area contributed by atoms with Crippen LogP contribution in [0.2, 0.25) is 0 Å². The highest BCUT2D eigenvalue weighted by Crippen LogP contribution is 2.23. The summed E-state index contributed by atoms with van der Waals surface area (Å²) >= 11 is 0. The number of phenolic OH excluding ortho intramolecular Hbond substituents is 1. The van der Waals surface area contributed by atoms with Crippen molar-refractivity contribution in [1.82, 2.24) is 0 Å². The zero-order chi connectivity index (χ0) is 11.4.